The summed E-state index contributed by atoms with van der Waals surface area (Å²) in [5.74, 6) is 1.65. The molecule has 1 saturated heterocycles. The first kappa shape index (κ1) is 12.4. The van der Waals surface area contributed by atoms with Crippen LogP contribution in [0.4, 0.5) is 0 Å². The standard InChI is InChI=1S/C14H28N2/c1-10(2)14(8-15-13-5-6-13)16-9-11(3)7-12(16)4/h10-15H,5-9H2,1-4H3. The number of rotatable bonds is 5. The molecule has 1 saturated carbocycles. The third-order valence-electron chi connectivity index (χ3n) is 4.22. The van der Waals surface area contributed by atoms with E-state index in [0.717, 1.165) is 30.0 Å². The summed E-state index contributed by atoms with van der Waals surface area (Å²) >= 11 is 0. The van der Waals surface area contributed by atoms with Gasteiger partial charge < -0.3 is 5.32 Å². The summed E-state index contributed by atoms with van der Waals surface area (Å²) < 4.78 is 0. The van der Waals surface area contributed by atoms with Gasteiger partial charge in [0.25, 0.3) is 0 Å². The lowest BCUT2D eigenvalue weighted by molar-refractivity contribution is 0.142. The second-order valence-corrected chi connectivity index (χ2v) is 6.38. The van der Waals surface area contributed by atoms with Gasteiger partial charge in [-0.15, -0.1) is 0 Å². The van der Waals surface area contributed by atoms with Crippen molar-refractivity contribution >= 4 is 0 Å². The first-order chi connectivity index (χ1) is 7.58. The zero-order valence-electron chi connectivity index (χ0n) is 11.4. The fourth-order valence-electron chi connectivity index (χ4n) is 3.11. The second-order valence-electron chi connectivity index (χ2n) is 6.38. The van der Waals surface area contributed by atoms with Crippen molar-refractivity contribution in [2.75, 3.05) is 13.1 Å². The van der Waals surface area contributed by atoms with Gasteiger partial charge in [-0.3, -0.25) is 4.90 Å². The minimum Gasteiger partial charge on any atom is -0.312 e. The zero-order valence-corrected chi connectivity index (χ0v) is 11.4. The highest BCUT2D eigenvalue weighted by atomic mass is 15.2. The average Bonchev–Trinajstić information content (AvgIpc) is 2.94. The summed E-state index contributed by atoms with van der Waals surface area (Å²) in [6.45, 7) is 12.0. The quantitative estimate of drug-likeness (QED) is 0.772. The molecule has 1 heterocycles. The Hall–Kier alpha value is -0.0800. The summed E-state index contributed by atoms with van der Waals surface area (Å²) in [5, 5.41) is 3.71. The van der Waals surface area contributed by atoms with Gasteiger partial charge in [-0.1, -0.05) is 20.8 Å². The normalized spacial score (nSPS) is 33.6. The molecule has 94 valence electrons. The molecular weight excluding hydrogens is 196 g/mol. The van der Waals surface area contributed by atoms with Crippen LogP contribution in [0.3, 0.4) is 0 Å². The van der Waals surface area contributed by atoms with Crippen molar-refractivity contribution in [2.24, 2.45) is 11.8 Å². The molecule has 2 nitrogen and oxygen atoms in total. The van der Waals surface area contributed by atoms with Gasteiger partial charge in [-0.05, 0) is 38.0 Å². The number of nitrogens with one attached hydrogen (secondary N) is 1. The van der Waals surface area contributed by atoms with Gasteiger partial charge in [0.15, 0.2) is 0 Å². The lowest BCUT2D eigenvalue weighted by Gasteiger charge is -2.34. The van der Waals surface area contributed by atoms with E-state index < -0.39 is 0 Å². The minimum atomic E-state index is 0.737. The molecule has 1 aliphatic carbocycles. The van der Waals surface area contributed by atoms with Crippen LogP contribution in [0.2, 0.25) is 0 Å². The Bertz CT molecular complexity index is 223. The van der Waals surface area contributed by atoms with E-state index in [1.165, 1.54) is 32.4 Å². The lowest BCUT2D eigenvalue weighted by atomic mass is 10.0. The van der Waals surface area contributed by atoms with Crippen molar-refractivity contribution in [1.82, 2.24) is 10.2 Å². The van der Waals surface area contributed by atoms with Gasteiger partial charge in [0.1, 0.15) is 0 Å². The Morgan fingerprint density at radius 3 is 2.38 bits per heavy atom. The van der Waals surface area contributed by atoms with Crippen molar-refractivity contribution in [2.45, 2.75) is 65.1 Å². The Morgan fingerprint density at radius 2 is 1.94 bits per heavy atom. The van der Waals surface area contributed by atoms with Crippen molar-refractivity contribution in [3.05, 3.63) is 0 Å². The molecule has 1 aliphatic heterocycles. The number of likely N-dealkylation sites (tertiary alicyclic amines) is 1. The van der Waals surface area contributed by atoms with Crippen LogP contribution in [0.1, 0.15) is 47.0 Å². The van der Waals surface area contributed by atoms with E-state index in [1.54, 1.807) is 0 Å². The van der Waals surface area contributed by atoms with E-state index in [-0.39, 0.29) is 0 Å². The molecule has 0 bridgehead atoms. The Labute approximate surface area is 101 Å². The van der Waals surface area contributed by atoms with Gasteiger partial charge in [0, 0.05) is 31.2 Å². The molecule has 3 atom stereocenters. The van der Waals surface area contributed by atoms with Crippen LogP contribution in [0.25, 0.3) is 0 Å². The van der Waals surface area contributed by atoms with Crippen LogP contribution in [-0.4, -0.2) is 36.1 Å². The molecule has 1 N–H and O–H groups in total. The third-order valence-corrected chi connectivity index (χ3v) is 4.22. The highest BCUT2D eigenvalue weighted by Gasteiger charge is 2.34. The number of hydrogen-bond acceptors (Lipinski definition) is 2. The fraction of sp³-hybridized carbons (Fsp3) is 1.00. The van der Waals surface area contributed by atoms with Crippen molar-refractivity contribution < 1.29 is 0 Å². The maximum atomic E-state index is 3.71. The van der Waals surface area contributed by atoms with Gasteiger partial charge >= 0.3 is 0 Å². The first-order valence-electron chi connectivity index (χ1n) is 7.07. The first-order valence-corrected chi connectivity index (χ1v) is 7.07. The largest absolute Gasteiger partial charge is 0.312 e. The van der Waals surface area contributed by atoms with E-state index in [0.29, 0.717) is 0 Å². The molecule has 0 spiro atoms. The lowest BCUT2D eigenvalue weighted by Crippen LogP contribution is -2.47. The smallest absolute Gasteiger partial charge is 0.0246 e. The molecule has 3 unspecified atom stereocenters. The van der Waals surface area contributed by atoms with E-state index in [4.69, 9.17) is 0 Å². The summed E-state index contributed by atoms with van der Waals surface area (Å²) in [6.07, 6.45) is 4.18. The number of nitrogens with zero attached hydrogens (tertiary/aromatic N) is 1. The molecule has 0 radical (unpaired) electrons. The third kappa shape index (κ3) is 2.98. The van der Waals surface area contributed by atoms with Crippen LogP contribution in [0, 0.1) is 11.8 Å². The summed E-state index contributed by atoms with van der Waals surface area (Å²) in [7, 11) is 0. The van der Waals surface area contributed by atoms with Crippen molar-refractivity contribution in [3.8, 4) is 0 Å². The Balaban J connectivity index is 1.89. The average molecular weight is 224 g/mol. The van der Waals surface area contributed by atoms with E-state index in [1.807, 2.05) is 0 Å². The summed E-state index contributed by atoms with van der Waals surface area (Å²) in [6, 6.07) is 2.36. The van der Waals surface area contributed by atoms with E-state index in [9.17, 15) is 0 Å². The van der Waals surface area contributed by atoms with Crippen LogP contribution < -0.4 is 5.32 Å². The van der Waals surface area contributed by atoms with E-state index in [2.05, 4.69) is 37.9 Å². The fourth-order valence-corrected chi connectivity index (χ4v) is 3.11. The molecule has 2 rings (SSSR count). The molecule has 0 aromatic rings. The topological polar surface area (TPSA) is 15.3 Å². The maximum absolute atomic E-state index is 3.71. The highest BCUT2D eigenvalue weighted by Crippen LogP contribution is 2.28. The van der Waals surface area contributed by atoms with Gasteiger partial charge in [0.2, 0.25) is 0 Å². The zero-order chi connectivity index (χ0) is 11.7. The monoisotopic (exact) mass is 224 g/mol. The molecule has 0 aromatic carbocycles. The van der Waals surface area contributed by atoms with Gasteiger partial charge in [-0.2, -0.15) is 0 Å². The molecule has 2 fully saturated rings. The second kappa shape index (κ2) is 5.05. The predicted molar refractivity (Wildman–Crippen MR) is 69.6 cm³/mol. The van der Waals surface area contributed by atoms with Crippen LogP contribution >= 0.6 is 0 Å². The van der Waals surface area contributed by atoms with E-state index >= 15 is 0 Å². The molecule has 2 heteroatoms. The molecule has 0 aromatic heterocycles. The Kier molecular flexibility index (Phi) is 3.91. The molecule has 0 amide bonds. The summed E-state index contributed by atoms with van der Waals surface area (Å²) in [4.78, 5) is 2.74. The molecule has 16 heavy (non-hydrogen) atoms. The molecule has 2 aliphatic rings. The number of hydrogen-bond donors (Lipinski definition) is 1. The molecular formula is C14H28N2. The van der Waals surface area contributed by atoms with Crippen molar-refractivity contribution in [1.29, 1.82) is 0 Å². The van der Waals surface area contributed by atoms with Gasteiger partial charge in [0.05, 0.1) is 0 Å². The Morgan fingerprint density at radius 1 is 1.25 bits per heavy atom. The SMILES string of the molecule is CC1CC(C)N(C(CNC2CC2)C(C)C)C1. The minimum absolute atomic E-state index is 0.737. The van der Waals surface area contributed by atoms with Crippen molar-refractivity contribution in [3.63, 3.8) is 0 Å². The highest BCUT2D eigenvalue weighted by molar-refractivity contribution is 4.90. The maximum Gasteiger partial charge on any atom is 0.0246 e. The predicted octanol–water partition coefficient (Wildman–Crippen LogP) is 2.49. The summed E-state index contributed by atoms with van der Waals surface area (Å²) in [5.41, 5.74) is 0. The van der Waals surface area contributed by atoms with Crippen LogP contribution in [0.15, 0.2) is 0 Å². The van der Waals surface area contributed by atoms with Crippen LogP contribution in [0.5, 0.6) is 0 Å². The van der Waals surface area contributed by atoms with Crippen LogP contribution in [-0.2, 0) is 0 Å². The van der Waals surface area contributed by atoms with Gasteiger partial charge in [-0.25, -0.2) is 0 Å².